The van der Waals surface area contributed by atoms with Crippen molar-refractivity contribution in [1.82, 2.24) is 10.2 Å². The monoisotopic (exact) mass is 302 g/mol. The lowest BCUT2D eigenvalue weighted by Crippen LogP contribution is -2.40. The van der Waals surface area contributed by atoms with E-state index in [0.29, 0.717) is 30.5 Å². The summed E-state index contributed by atoms with van der Waals surface area (Å²) in [4.78, 5) is 36.8. The first-order chi connectivity index (χ1) is 10.6. The van der Waals surface area contributed by atoms with Gasteiger partial charge in [0.1, 0.15) is 6.04 Å². The van der Waals surface area contributed by atoms with Crippen LogP contribution in [0.15, 0.2) is 24.3 Å². The molecule has 2 N–H and O–H groups in total. The van der Waals surface area contributed by atoms with Crippen molar-refractivity contribution in [3.05, 3.63) is 35.4 Å². The van der Waals surface area contributed by atoms with E-state index in [2.05, 4.69) is 5.32 Å². The highest BCUT2D eigenvalue weighted by atomic mass is 16.4. The number of nitrogens with one attached hydrogen (secondary N) is 1. The Balaban J connectivity index is 1.70. The van der Waals surface area contributed by atoms with Crippen molar-refractivity contribution in [2.75, 3.05) is 6.54 Å². The van der Waals surface area contributed by atoms with Crippen LogP contribution in [0.3, 0.4) is 0 Å². The lowest BCUT2D eigenvalue weighted by Gasteiger charge is -2.21. The van der Waals surface area contributed by atoms with Crippen molar-refractivity contribution in [3.8, 4) is 0 Å². The number of amides is 2. The van der Waals surface area contributed by atoms with Crippen LogP contribution in [0.4, 0.5) is 0 Å². The van der Waals surface area contributed by atoms with E-state index >= 15 is 0 Å². The van der Waals surface area contributed by atoms with Crippen LogP contribution in [-0.4, -0.2) is 46.4 Å². The first-order valence-electron chi connectivity index (χ1n) is 7.51. The minimum absolute atomic E-state index is 0.133. The van der Waals surface area contributed by atoms with Gasteiger partial charge in [-0.2, -0.15) is 0 Å². The summed E-state index contributed by atoms with van der Waals surface area (Å²) in [6.45, 7) is 0.458. The quantitative estimate of drug-likeness (QED) is 0.877. The molecule has 6 nitrogen and oxygen atoms in total. The molecule has 0 aromatic heterocycles. The highest BCUT2D eigenvalue weighted by molar-refractivity contribution is 5.99. The number of carboxylic acid groups (broad SMARTS) is 1. The second-order valence-corrected chi connectivity index (χ2v) is 5.82. The van der Waals surface area contributed by atoms with Gasteiger partial charge in [-0.1, -0.05) is 0 Å². The summed E-state index contributed by atoms with van der Waals surface area (Å²) in [5.74, 6) is -1.39. The Kier molecular flexibility index (Phi) is 3.83. The smallest absolute Gasteiger partial charge is 0.326 e. The van der Waals surface area contributed by atoms with E-state index in [1.165, 1.54) is 4.90 Å². The molecule has 1 saturated heterocycles. The first kappa shape index (κ1) is 14.6. The van der Waals surface area contributed by atoms with Crippen LogP contribution in [0, 0.1) is 0 Å². The second-order valence-electron chi connectivity index (χ2n) is 5.82. The number of benzene rings is 1. The molecular weight excluding hydrogens is 284 g/mol. The minimum Gasteiger partial charge on any atom is -0.480 e. The highest BCUT2D eigenvalue weighted by Crippen LogP contribution is 2.21. The van der Waals surface area contributed by atoms with Crippen LogP contribution in [-0.2, 0) is 4.79 Å². The Morgan fingerprint density at radius 1 is 1.05 bits per heavy atom. The molecule has 2 aliphatic rings. The molecule has 0 spiro atoms. The van der Waals surface area contributed by atoms with Gasteiger partial charge in [0.2, 0.25) is 0 Å². The van der Waals surface area contributed by atoms with Gasteiger partial charge in [-0.15, -0.1) is 0 Å². The number of carbonyl (C=O) groups is 3. The summed E-state index contributed by atoms with van der Waals surface area (Å²) in [7, 11) is 0. The third kappa shape index (κ3) is 2.95. The summed E-state index contributed by atoms with van der Waals surface area (Å²) < 4.78 is 0. The lowest BCUT2D eigenvalue weighted by atomic mass is 10.1. The lowest BCUT2D eigenvalue weighted by molar-refractivity contribution is -0.141. The molecule has 1 aliphatic carbocycles. The maximum atomic E-state index is 12.4. The van der Waals surface area contributed by atoms with E-state index in [1.54, 1.807) is 24.3 Å². The molecule has 2 amide bonds. The van der Waals surface area contributed by atoms with Crippen molar-refractivity contribution in [2.45, 2.75) is 37.8 Å². The van der Waals surface area contributed by atoms with E-state index in [9.17, 15) is 14.4 Å². The molecule has 1 unspecified atom stereocenters. The Labute approximate surface area is 128 Å². The topological polar surface area (TPSA) is 86.7 Å². The van der Waals surface area contributed by atoms with Gasteiger partial charge in [-0.3, -0.25) is 9.59 Å². The second kappa shape index (κ2) is 5.79. The van der Waals surface area contributed by atoms with Crippen molar-refractivity contribution in [1.29, 1.82) is 0 Å². The molecule has 2 fully saturated rings. The number of nitrogens with zero attached hydrogens (tertiary/aromatic N) is 1. The number of aliphatic carboxylic acids is 1. The average Bonchev–Trinajstić information content (AvgIpc) is 3.18. The molecule has 1 aliphatic heterocycles. The first-order valence-corrected chi connectivity index (χ1v) is 7.51. The fourth-order valence-electron chi connectivity index (χ4n) is 2.69. The van der Waals surface area contributed by atoms with E-state index in [1.807, 2.05) is 0 Å². The van der Waals surface area contributed by atoms with Crippen LogP contribution in [0.5, 0.6) is 0 Å². The number of likely N-dealkylation sites (tertiary alicyclic amines) is 1. The molecule has 22 heavy (non-hydrogen) atoms. The Hall–Kier alpha value is -2.37. The van der Waals surface area contributed by atoms with E-state index in [0.717, 1.165) is 12.8 Å². The Morgan fingerprint density at radius 3 is 2.27 bits per heavy atom. The summed E-state index contributed by atoms with van der Waals surface area (Å²) in [5, 5.41) is 12.0. The van der Waals surface area contributed by atoms with Crippen LogP contribution < -0.4 is 5.32 Å². The van der Waals surface area contributed by atoms with Gasteiger partial charge in [0.05, 0.1) is 0 Å². The SMILES string of the molecule is O=C(NC1CC1)c1ccc(C(=O)N2CCCC2C(=O)O)cc1. The maximum Gasteiger partial charge on any atom is 0.326 e. The fourth-order valence-corrected chi connectivity index (χ4v) is 2.69. The Morgan fingerprint density at radius 2 is 1.68 bits per heavy atom. The molecule has 1 heterocycles. The third-order valence-electron chi connectivity index (χ3n) is 4.11. The van der Waals surface area contributed by atoms with Gasteiger partial charge in [0.25, 0.3) is 11.8 Å². The maximum absolute atomic E-state index is 12.4. The zero-order valence-corrected chi connectivity index (χ0v) is 12.1. The van der Waals surface area contributed by atoms with E-state index in [-0.39, 0.29) is 17.9 Å². The standard InChI is InChI=1S/C16H18N2O4/c19-14(17-12-7-8-12)10-3-5-11(6-4-10)15(20)18-9-1-2-13(18)16(21)22/h3-6,12-13H,1-2,7-9H2,(H,17,19)(H,21,22). The average molecular weight is 302 g/mol. The van der Waals surface area contributed by atoms with E-state index < -0.39 is 12.0 Å². The van der Waals surface area contributed by atoms with Gasteiger partial charge in [-0.05, 0) is 49.9 Å². The minimum atomic E-state index is -0.966. The molecule has 1 aromatic rings. The number of carbonyl (C=O) groups excluding carboxylic acids is 2. The summed E-state index contributed by atoms with van der Waals surface area (Å²) in [6, 6.07) is 5.93. The molecule has 1 aromatic carbocycles. The van der Waals surface area contributed by atoms with Gasteiger partial charge in [0.15, 0.2) is 0 Å². The molecule has 1 atom stereocenters. The largest absolute Gasteiger partial charge is 0.480 e. The third-order valence-corrected chi connectivity index (χ3v) is 4.11. The fraction of sp³-hybridized carbons (Fsp3) is 0.438. The summed E-state index contributed by atoms with van der Waals surface area (Å²) >= 11 is 0. The molecule has 3 rings (SSSR count). The number of carboxylic acids is 1. The van der Waals surface area contributed by atoms with E-state index in [4.69, 9.17) is 5.11 Å². The molecular formula is C16H18N2O4. The molecule has 0 radical (unpaired) electrons. The van der Waals surface area contributed by atoms with Gasteiger partial charge in [-0.25, -0.2) is 4.79 Å². The Bertz CT molecular complexity index is 607. The highest BCUT2D eigenvalue weighted by Gasteiger charge is 2.34. The predicted molar refractivity (Wildman–Crippen MR) is 78.6 cm³/mol. The molecule has 6 heteroatoms. The van der Waals surface area contributed by atoms with Crippen LogP contribution >= 0.6 is 0 Å². The van der Waals surface area contributed by atoms with Crippen molar-refractivity contribution >= 4 is 17.8 Å². The van der Waals surface area contributed by atoms with Crippen LogP contribution in [0.2, 0.25) is 0 Å². The number of hydrogen-bond acceptors (Lipinski definition) is 3. The molecule has 116 valence electrons. The summed E-state index contributed by atoms with van der Waals surface area (Å²) in [6.07, 6.45) is 3.23. The normalized spacial score (nSPS) is 20.7. The van der Waals surface area contributed by atoms with Crippen LogP contribution in [0.1, 0.15) is 46.4 Å². The van der Waals surface area contributed by atoms with Crippen molar-refractivity contribution < 1.29 is 19.5 Å². The van der Waals surface area contributed by atoms with Gasteiger partial charge < -0.3 is 15.3 Å². The number of rotatable bonds is 4. The number of hydrogen-bond donors (Lipinski definition) is 2. The zero-order chi connectivity index (χ0) is 15.7. The van der Waals surface area contributed by atoms with Gasteiger partial charge in [0, 0.05) is 23.7 Å². The predicted octanol–water partition coefficient (Wildman–Crippen LogP) is 1.27. The summed E-state index contributed by atoms with van der Waals surface area (Å²) in [5.41, 5.74) is 0.927. The van der Waals surface area contributed by atoms with Gasteiger partial charge >= 0.3 is 5.97 Å². The zero-order valence-electron chi connectivity index (χ0n) is 12.1. The molecule has 1 saturated carbocycles. The molecule has 0 bridgehead atoms. The van der Waals surface area contributed by atoms with Crippen LogP contribution in [0.25, 0.3) is 0 Å². The van der Waals surface area contributed by atoms with Crippen molar-refractivity contribution in [3.63, 3.8) is 0 Å². The van der Waals surface area contributed by atoms with Crippen molar-refractivity contribution in [2.24, 2.45) is 0 Å².